The van der Waals surface area contributed by atoms with Gasteiger partial charge in [0.25, 0.3) is 0 Å². The lowest BCUT2D eigenvalue weighted by Crippen LogP contribution is -2.39. The molecule has 128 valence electrons. The largest absolute Gasteiger partial charge is 0.497 e. The van der Waals surface area contributed by atoms with E-state index in [-0.39, 0.29) is 12.0 Å². The highest BCUT2D eigenvalue weighted by atomic mass is 19.4. The van der Waals surface area contributed by atoms with Crippen LogP contribution in [0.2, 0.25) is 0 Å². The second-order valence-corrected chi connectivity index (χ2v) is 5.89. The maximum atomic E-state index is 12.2. The zero-order chi connectivity index (χ0) is 17.0. The first kappa shape index (κ1) is 17.6. The van der Waals surface area contributed by atoms with Crippen LogP contribution in [0.3, 0.4) is 0 Å². The van der Waals surface area contributed by atoms with Crippen LogP contribution in [0.15, 0.2) is 24.3 Å². The molecule has 0 spiro atoms. The van der Waals surface area contributed by atoms with Gasteiger partial charge in [0, 0.05) is 31.5 Å². The first-order valence-corrected chi connectivity index (χ1v) is 7.47. The average Bonchev–Trinajstić information content (AvgIpc) is 2.85. The van der Waals surface area contributed by atoms with Crippen LogP contribution in [0.5, 0.6) is 5.75 Å². The summed E-state index contributed by atoms with van der Waals surface area (Å²) in [5, 5.41) is 2.75. The molecule has 7 heteroatoms. The molecule has 1 N–H and O–H groups in total. The standard InChI is InChI=1S/C16H21F3N2O2/c1-21-9-13(11-4-3-5-12(8-11)23-2)14(10-21)20-15(22)6-7-16(17,18)19/h3-5,8,13-14H,6-7,9-10H2,1-2H3,(H,20,22)/t13-,14+/m1/s1. The number of amides is 1. The summed E-state index contributed by atoms with van der Waals surface area (Å²) >= 11 is 0. The molecule has 1 aromatic carbocycles. The average molecular weight is 330 g/mol. The van der Waals surface area contributed by atoms with E-state index in [0.717, 1.165) is 17.9 Å². The number of nitrogens with one attached hydrogen (secondary N) is 1. The molecule has 0 aliphatic carbocycles. The topological polar surface area (TPSA) is 41.6 Å². The summed E-state index contributed by atoms with van der Waals surface area (Å²) in [6, 6.07) is 7.35. The summed E-state index contributed by atoms with van der Waals surface area (Å²) in [4.78, 5) is 13.9. The highest BCUT2D eigenvalue weighted by Gasteiger charge is 2.34. The van der Waals surface area contributed by atoms with Gasteiger partial charge in [0.15, 0.2) is 0 Å². The molecule has 23 heavy (non-hydrogen) atoms. The van der Waals surface area contributed by atoms with Crippen LogP contribution in [0, 0.1) is 0 Å². The molecule has 1 saturated heterocycles. The van der Waals surface area contributed by atoms with Crippen molar-refractivity contribution in [3.05, 3.63) is 29.8 Å². The molecule has 1 aromatic rings. The summed E-state index contributed by atoms with van der Waals surface area (Å²) in [7, 11) is 3.51. The van der Waals surface area contributed by atoms with Crippen molar-refractivity contribution in [2.24, 2.45) is 0 Å². The van der Waals surface area contributed by atoms with Crippen LogP contribution in [-0.4, -0.2) is 50.3 Å². The van der Waals surface area contributed by atoms with E-state index in [4.69, 9.17) is 4.74 Å². The Balaban J connectivity index is 2.03. The molecule has 0 bridgehead atoms. The third kappa shape index (κ3) is 5.13. The van der Waals surface area contributed by atoms with Crippen LogP contribution < -0.4 is 10.1 Å². The minimum atomic E-state index is -4.31. The summed E-state index contributed by atoms with van der Waals surface area (Å²) in [6.45, 7) is 1.34. The predicted octanol–water partition coefficient (Wildman–Crippen LogP) is 2.55. The highest BCUT2D eigenvalue weighted by molar-refractivity contribution is 5.76. The molecular weight excluding hydrogens is 309 g/mol. The maximum Gasteiger partial charge on any atom is 0.389 e. The summed E-state index contributed by atoms with van der Waals surface area (Å²) in [6.07, 6.45) is -5.93. The zero-order valence-corrected chi connectivity index (χ0v) is 13.2. The Morgan fingerprint density at radius 1 is 1.39 bits per heavy atom. The van der Waals surface area contributed by atoms with Crippen LogP contribution in [-0.2, 0) is 4.79 Å². The molecule has 1 amide bonds. The van der Waals surface area contributed by atoms with E-state index < -0.39 is 24.9 Å². The molecule has 0 aromatic heterocycles. The minimum Gasteiger partial charge on any atom is -0.497 e. The van der Waals surface area contributed by atoms with Gasteiger partial charge in [-0.05, 0) is 24.7 Å². The van der Waals surface area contributed by atoms with E-state index in [1.165, 1.54) is 0 Å². The monoisotopic (exact) mass is 330 g/mol. The number of rotatable bonds is 5. The first-order chi connectivity index (χ1) is 10.8. The number of carbonyl (C=O) groups excluding carboxylic acids is 1. The van der Waals surface area contributed by atoms with Crippen molar-refractivity contribution < 1.29 is 22.7 Å². The van der Waals surface area contributed by atoms with Gasteiger partial charge in [-0.15, -0.1) is 0 Å². The van der Waals surface area contributed by atoms with Crippen molar-refractivity contribution in [2.45, 2.75) is 31.0 Å². The molecule has 0 unspecified atom stereocenters. The van der Waals surface area contributed by atoms with Gasteiger partial charge in [0.1, 0.15) is 5.75 Å². The first-order valence-electron chi connectivity index (χ1n) is 7.47. The normalized spacial score (nSPS) is 22.1. The molecule has 2 rings (SSSR count). The lowest BCUT2D eigenvalue weighted by Gasteiger charge is -2.21. The van der Waals surface area contributed by atoms with Gasteiger partial charge >= 0.3 is 6.18 Å². The van der Waals surface area contributed by atoms with Crippen molar-refractivity contribution in [1.82, 2.24) is 10.2 Å². The van der Waals surface area contributed by atoms with Gasteiger partial charge in [-0.3, -0.25) is 4.79 Å². The van der Waals surface area contributed by atoms with Crippen LogP contribution in [0.25, 0.3) is 0 Å². The van der Waals surface area contributed by atoms with Crippen molar-refractivity contribution in [3.8, 4) is 5.75 Å². The number of ether oxygens (including phenoxy) is 1. The third-order valence-electron chi connectivity index (χ3n) is 4.01. The third-order valence-corrected chi connectivity index (χ3v) is 4.01. The van der Waals surface area contributed by atoms with Gasteiger partial charge in [-0.1, -0.05) is 12.1 Å². The van der Waals surface area contributed by atoms with Crippen molar-refractivity contribution in [3.63, 3.8) is 0 Å². The maximum absolute atomic E-state index is 12.2. The Morgan fingerprint density at radius 2 is 2.13 bits per heavy atom. The molecule has 2 atom stereocenters. The molecular formula is C16H21F3N2O2. The van der Waals surface area contributed by atoms with Gasteiger partial charge in [-0.25, -0.2) is 0 Å². The van der Waals surface area contributed by atoms with Crippen LogP contribution >= 0.6 is 0 Å². The summed E-state index contributed by atoms with van der Waals surface area (Å²) in [5.74, 6) is 0.194. The van der Waals surface area contributed by atoms with Crippen molar-refractivity contribution >= 4 is 5.91 Å². The molecule has 1 aliphatic rings. The smallest absolute Gasteiger partial charge is 0.389 e. The Morgan fingerprint density at radius 3 is 2.78 bits per heavy atom. The number of benzene rings is 1. The second kappa shape index (κ2) is 7.21. The SMILES string of the molecule is COc1cccc([C@H]2CN(C)C[C@@H]2NC(=O)CCC(F)(F)F)c1. The number of hydrogen-bond acceptors (Lipinski definition) is 3. The minimum absolute atomic E-state index is 0.0323. The van der Waals surface area contributed by atoms with E-state index in [2.05, 4.69) is 10.2 Å². The molecule has 1 aliphatic heterocycles. The van der Waals surface area contributed by atoms with E-state index in [0.29, 0.717) is 6.54 Å². The fourth-order valence-electron chi connectivity index (χ4n) is 2.89. The van der Waals surface area contributed by atoms with Gasteiger partial charge < -0.3 is 15.0 Å². The molecule has 4 nitrogen and oxygen atoms in total. The van der Waals surface area contributed by atoms with E-state index in [1.807, 2.05) is 31.3 Å². The molecule has 0 radical (unpaired) electrons. The van der Waals surface area contributed by atoms with E-state index in [1.54, 1.807) is 7.11 Å². The highest BCUT2D eigenvalue weighted by Crippen LogP contribution is 2.29. The van der Waals surface area contributed by atoms with Crippen molar-refractivity contribution in [2.75, 3.05) is 27.2 Å². The fraction of sp³-hybridized carbons (Fsp3) is 0.562. The quantitative estimate of drug-likeness (QED) is 0.902. The molecule has 0 saturated carbocycles. The molecule has 1 heterocycles. The van der Waals surface area contributed by atoms with Gasteiger partial charge in [-0.2, -0.15) is 13.2 Å². The van der Waals surface area contributed by atoms with Gasteiger partial charge in [0.05, 0.1) is 13.5 Å². The number of hydrogen-bond donors (Lipinski definition) is 1. The lowest BCUT2D eigenvalue weighted by molar-refractivity contribution is -0.144. The van der Waals surface area contributed by atoms with E-state index >= 15 is 0 Å². The molecule has 1 fully saturated rings. The lowest BCUT2D eigenvalue weighted by atomic mass is 9.94. The number of likely N-dealkylation sites (tertiary alicyclic amines) is 1. The Labute approximate surface area is 133 Å². The summed E-state index contributed by atoms with van der Waals surface area (Å²) in [5.41, 5.74) is 1.01. The number of halogens is 3. The van der Waals surface area contributed by atoms with Crippen LogP contribution in [0.1, 0.15) is 24.3 Å². The number of likely N-dealkylation sites (N-methyl/N-ethyl adjacent to an activating group) is 1. The number of methoxy groups -OCH3 is 1. The number of alkyl halides is 3. The van der Waals surface area contributed by atoms with E-state index in [9.17, 15) is 18.0 Å². The fourth-order valence-corrected chi connectivity index (χ4v) is 2.89. The Bertz CT molecular complexity index is 548. The number of nitrogens with zero attached hydrogens (tertiary/aromatic N) is 1. The Kier molecular flexibility index (Phi) is 5.51. The number of carbonyl (C=O) groups is 1. The predicted molar refractivity (Wildman–Crippen MR) is 80.5 cm³/mol. The van der Waals surface area contributed by atoms with Crippen molar-refractivity contribution in [1.29, 1.82) is 0 Å². The second-order valence-electron chi connectivity index (χ2n) is 5.89. The van der Waals surface area contributed by atoms with Gasteiger partial charge in [0.2, 0.25) is 5.91 Å². The Hall–Kier alpha value is -1.76. The van der Waals surface area contributed by atoms with Crippen LogP contribution in [0.4, 0.5) is 13.2 Å². The summed E-state index contributed by atoms with van der Waals surface area (Å²) < 4.78 is 41.9. The zero-order valence-electron chi connectivity index (χ0n) is 13.2.